The molecule has 0 spiro atoms. The maximum Gasteiger partial charge on any atom is 0.347 e. The minimum Gasteiger partial charge on any atom is -0.458 e. The molecule has 0 bridgehead atoms. The lowest BCUT2D eigenvalue weighted by atomic mass is 9.94. The van der Waals surface area contributed by atoms with E-state index in [0.29, 0.717) is 19.6 Å². The van der Waals surface area contributed by atoms with Gasteiger partial charge in [0.05, 0.1) is 6.04 Å². The Morgan fingerprint density at radius 2 is 1.50 bits per heavy atom. The lowest BCUT2D eigenvalue weighted by molar-refractivity contribution is -0.173. The molecule has 1 aliphatic heterocycles. The lowest BCUT2D eigenvalue weighted by Gasteiger charge is -2.39. The number of likely N-dealkylation sites (tertiary alicyclic amines) is 1. The van der Waals surface area contributed by atoms with Gasteiger partial charge < -0.3 is 4.74 Å². The average Bonchev–Trinajstić information content (AvgIpc) is 3.19. The Morgan fingerprint density at radius 1 is 0.972 bits per heavy atom. The number of benzene rings is 3. The molecule has 1 fully saturated rings. The Labute approximate surface area is 214 Å². The van der Waals surface area contributed by atoms with Gasteiger partial charge in [-0.25, -0.2) is 9.18 Å². The molecule has 3 aromatic carbocycles. The van der Waals surface area contributed by atoms with Crippen molar-refractivity contribution in [2.75, 3.05) is 13.1 Å². The van der Waals surface area contributed by atoms with Crippen LogP contribution in [0.15, 0.2) is 91.0 Å². The quantitative estimate of drug-likeness (QED) is 0.354. The van der Waals surface area contributed by atoms with Crippen molar-refractivity contribution in [2.24, 2.45) is 0 Å². The molecule has 4 rings (SSSR count). The number of esters is 1. The number of hydrogen-bond acceptors (Lipinski definition) is 4. The summed E-state index contributed by atoms with van der Waals surface area (Å²) in [4.78, 5) is 17.6. The molecule has 1 aliphatic rings. The number of rotatable bonds is 8. The van der Waals surface area contributed by atoms with E-state index in [1.54, 1.807) is 20.8 Å². The van der Waals surface area contributed by atoms with Crippen LogP contribution in [0.5, 0.6) is 0 Å². The summed E-state index contributed by atoms with van der Waals surface area (Å²) in [5.74, 6) is -0.783. The fourth-order valence-electron chi connectivity index (χ4n) is 5.01. The maximum absolute atomic E-state index is 17.1. The molecule has 0 amide bonds. The molecule has 0 radical (unpaired) electrons. The van der Waals surface area contributed by atoms with Crippen molar-refractivity contribution in [3.63, 3.8) is 0 Å². The third kappa shape index (κ3) is 6.21. The highest BCUT2D eigenvalue weighted by molar-refractivity contribution is 5.82. The first-order chi connectivity index (χ1) is 17.2. The van der Waals surface area contributed by atoms with Gasteiger partial charge in [-0.05, 0) is 44.4 Å². The van der Waals surface area contributed by atoms with Gasteiger partial charge in [0.15, 0.2) is 0 Å². The van der Waals surface area contributed by atoms with E-state index >= 15 is 4.39 Å². The van der Waals surface area contributed by atoms with Crippen LogP contribution in [0.25, 0.3) is 0 Å². The van der Waals surface area contributed by atoms with Gasteiger partial charge in [0.1, 0.15) is 5.60 Å². The van der Waals surface area contributed by atoms with Crippen molar-refractivity contribution in [3.8, 4) is 0 Å². The molecule has 190 valence electrons. The van der Waals surface area contributed by atoms with Gasteiger partial charge in [-0.3, -0.25) is 9.80 Å². The molecule has 4 nitrogen and oxygen atoms in total. The first kappa shape index (κ1) is 26.1. The van der Waals surface area contributed by atoms with Crippen molar-refractivity contribution in [1.82, 2.24) is 9.80 Å². The van der Waals surface area contributed by atoms with Gasteiger partial charge in [0.25, 0.3) is 0 Å². The Balaban J connectivity index is 1.72. The fraction of sp³-hybridized carbons (Fsp3) is 0.387. The third-order valence-electron chi connectivity index (χ3n) is 6.79. The predicted octanol–water partition coefficient (Wildman–Crippen LogP) is 6.18. The van der Waals surface area contributed by atoms with E-state index in [9.17, 15) is 4.79 Å². The standard InChI is InChI=1S/C31H37FN2O2/c1-24(27-18-12-7-13-19-27)34(21-26-16-10-6-11-17-26)28-22-33(20-25-14-8-5-9-15-25)23-31(28,32)29(35)36-30(2,3)4/h5-19,24,28H,20-23H2,1-4H3/t24-,28-,31-/m0/s1. The van der Waals surface area contributed by atoms with Crippen molar-refractivity contribution >= 4 is 5.97 Å². The highest BCUT2D eigenvalue weighted by atomic mass is 19.1. The van der Waals surface area contributed by atoms with E-state index in [4.69, 9.17) is 4.74 Å². The number of alkyl halides is 1. The van der Waals surface area contributed by atoms with Crippen molar-refractivity contribution in [3.05, 3.63) is 108 Å². The van der Waals surface area contributed by atoms with E-state index in [0.717, 1.165) is 16.7 Å². The topological polar surface area (TPSA) is 32.8 Å². The summed E-state index contributed by atoms with van der Waals surface area (Å²) in [7, 11) is 0. The van der Waals surface area contributed by atoms with Crippen molar-refractivity contribution in [2.45, 2.75) is 64.1 Å². The molecule has 3 atom stereocenters. The van der Waals surface area contributed by atoms with Gasteiger partial charge in [0, 0.05) is 32.2 Å². The molecular formula is C31H37FN2O2. The van der Waals surface area contributed by atoms with Crippen LogP contribution in [0.2, 0.25) is 0 Å². The smallest absolute Gasteiger partial charge is 0.347 e. The van der Waals surface area contributed by atoms with Crippen LogP contribution in [-0.4, -0.2) is 46.2 Å². The molecular weight excluding hydrogens is 451 g/mol. The molecule has 36 heavy (non-hydrogen) atoms. The largest absolute Gasteiger partial charge is 0.458 e. The zero-order chi connectivity index (χ0) is 25.8. The first-order valence-corrected chi connectivity index (χ1v) is 12.7. The predicted molar refractivity (Wildman–Crippen MR) is 142 cm³/mol. The minimum atomic E-state index is -2.17. The molecule has 0 unspecified atom stereocenters. The minimum absolute atomic E-state index is 0.00568. The van der Waals surface area contributed by atoms with Crippen LogP contribution in [-0.2, 0) is 22.6 Å². The van der Waals surface area contributed by atoms with E-state index in [-0.39, 0.29) is 12.6 Å². The highest BCUT2D eigenvalue weighted by Crippen LogP contribution is 2.38. The Hall–Kier alpha value is -3.02. The summed E-state index contributed by atoms with van der Waals surface area (Å²) in [6, 6.07) is 29.4. The average molecular weight is 489 g/mol. The zero-order valence-corrected chi connectivity index (χ0v) is 21.7. The summed E-state index contributed by atoms with van der Waals surface area (Å²) >= 11 is 0. The summed E-state index contributed by atoms with van der Waals surface area (Å²) in [5.41, 5.74) is 0.313. The van der Waals surface area contributed by atoms with E-state index in [1.807, 2.05) is 71.6 Å². The Bertz CT molecular complexity index is 1120. The molecule has 0 saturated carbocycles. The number of carbonyl (C=O) groups is 1. The van der Waals surface area contributed by atoms with Crippen LogP contribution >= 0.6 is 0 Å². The summed E-state index contributed by atoms with van der Waals surface area (Å²) < 4.78 is 22.8. The van der Waals surface area contributed by atoms with Gasteiger partial charge >= 0.3 is 5.97 Å². The van der Waals surface area contributed by atoms with Crippen LogP contribution < -0.4 is 0 Å². The maximum atomic E-state index is 17.1. The van der Waals surface area contributed by atoms with Crippen molar-refractivity contribution < 1.29 is 13.9 Å². The Morgan fingerprint density at radius 3 is 2.06 bits per heavy atom. The molecule has 0 aliphatic carbocycles. The Kier molecular flexibility index (Phi) is 7.91. The van der Waals surface area contributed by atoms with E-state index < -0.39 is 23.3 Å². The van der Waals surface area contributed by atoms with Crippen LogP contribution in [0, 0.1) is 0 Å². The molecule has 1 heterocycles. The van der Waals surface area contributed by atoms with E-state index in [2.05, 4.69) is 36.1 Å². The summed E-state index contributed by atoms with van der Waals surface area (Å²) in [6.45, 7) is 8.97. The number of hydrogen-bond donors (Lipinski definition) is 0. The van der Waals surface area contributed by atoms with Crippen LogP contribution in [0.1, 0.15) is 50.4 Å². The summed E-state index contributed by atoms with van der Waals surface area (Å²) in [6.07, 6.45) is 0. The molecule has 0 N–H and O–H groups in total. The SMILES string of the molecule is C[C@@H](c1ccccc1)N(Cc1ccccc1)[C@H]1CN(Cc2ccccc2)C[C@@]1(F)C(=O)OC(C)(C)C. The second-order valence-corrected chi connectivity index (χ2v) is 10.8. The van der Waals surface area contributed by atoms with Gasteiger partial charge in [-0.2, -0.15) is 0 Å². The van der Waals surface area contributed by atoms with Crippen LogP contribution in [0.4, 0.5) is 4.39 Å². The van der Waals surface area contributed by atoms with E-state index in [1.165, 1.54) is 0 Å². The molecule has 1 saturated heterocycles. The second-order valence-electron chi connectivity index (χ2n) is 10.8. The first-order valence-electron chi connectivity index (χ1n) is 12.7. The number of halogens is 1. The monoisotopic (exact) mass is 488 g/mol. The summed E-state index contributed by atoms with van der Waals surface area (Å²) in [5, 5.41) is 0. The third-order valence-corrected chi connectivity index (χ3v) is 6.79. The van der Waals surface area contributed by atoms with Gasteiger partial charge in [-0.1, -0.05) is 91.0 Å². The van der Waals surface area contributed by atoms with Gasteiger partial charge in [-0.15, -0.1) is 0 Å². The van der Waals surface area contributed by atoms with Crippen molar-refractivity contribution in [1.29, 1.82) is 0 Å². The number of ether oxygens (including phenoxy) is 1. The fourth-order valence-corrected chi connectivity index (χ4v) is 5.01. The molecule has 5 heteroatoms. The number of carbonyl (C=O) groups excluding carboxylic acids is 1. The normalized spacial score (nSPS) is 21.4. The molecule has 0 aromatic heterocycles. The molecule has 3 aromatic rings. The van der Waals surface area contributed by atoms with Gasteiger partial charge in [0.2, 0.25) is 5.67 Å². The zero-order valence-electron chi connectivity index (χ0n) is 21.7. The highest BCUT2D eigenvalue weighted by Gasteiger charge is 2.57. The number of nitrogens with zero attached hydrogens (tertiary/aromatic N) is 2. The lowest BCUT2D eigenvalue weighted by Crippen LogP contribution is -2.56. The van der Waals surface area contributed by atoms with Crippen LogP contribution in [0.3, 0.4) is 0 Å². The second kappa shape index (κ2) is 10.9.